The van der Waals surface area contributed by atoms with Gasteiger partial charge in [-0.05, 0) is 60.9 Å². The van der Waals surface area contributed by atoms with Gasteiger partial charge in [0, 0.05) is 26.6 Å². The summed E-state index contributed by atoms with van der Waals surface area (Å²) in [5.41, 5.74) is 3.40. The van der Waals surface area contributed by atoms with E-state index in [4.69, 9.17) is 4.74 Å². The molecule has 0 radical (unpaired) electrons. The average molecular weight is 538 g/mol. The van der Waals surface area contributed by atoms with E-state index in [9.17, 15) is 14.7 Å². The molecule has 3 atom stereocenters. The standard InChI is InChI=1S/C32H47N3O4/c1-23(2)27-14-10-13-26(18-27)21-33-22-30(36)29-20-25-12-11-15-28(19-25)39-17-9-7-5-6-8-16-31(37)35(4)24(3)32(38)34-29/h10-15,18-19,23-24,29-30,33,36H,5-9,16-17,20-22H2,1-4H3,(H,34,38)/t24-,29-,30+/m0/s1. The van der Waals surface area contributed by atoms with Gasteiger partial charge in [-0.15, -0.1) is 0 Å². The lowest BCUT2D eigenvalue weighted by Gasteiger charge is -2.29. The van der Waals surface area contributed by atoms with Crippen molar-refractivity contribution in [3.63, 3.8) is 0 Å². The van der Waals surface area contributed by atoms with E-state index in [0.717, 1.165) is 49.0 Å². The van der Waals surface area contributed by atoms with Crippen LogP contribution >= 0.6 is 0 Å². The van der Waals surface area contributed by atoms with Crippen LogP contribution in [0.15, 0.2) is 48.5 Å². The number of likely N-dealkylation sites (N-methyl/N-ethyl adjacent to an activating group) is 1. The molecule has 0 spiro atoms. The fourth-order valence-corrected chi connectivity index (χ4v) is 4.84. The van der Waals surface area contributed by atoms with Crippen molar-refractivity contribution in [1.82, 2.24) is 15.5 Å². The number of nitrogens with zero attached hydrogens (tertiary/aromatic N) is 1. The van der Waals surface area contributed by atoms with Gasteiger partial charge in [-0.1, -0.05) is 69.5 Å². The Kier molecular flexibility index (Phi) is 12.3. The highest BCUT2D eigenvalue weighted by molar-refractivity contribution is 5.87. The van der Waals surface area contributed by atoms with Crippen LogP contribution in [-0.4, -0.2) is 60.2 Å². The predicted octanol–water partition coefficient (Wildman–Crippen LogP) is 4.57. The number of carbonyl (C=O) groups is 2. The zero-order chi connectivity index (χ0) is 28.2. The quantitative estimate of drug-likeness (QED) is 0.502. The second-order valence-corrected chi connectivity index (χ2v) is 11.1. The maximum Gasteiger partial charge on any atom is 0.242 e. The maximum atomic E-state index is 13.2. The Balaban J connectivity index is 1.73. The molecule has 2 amide bonds. The van der Waals surface area contributed by atoms with Crippen LogP contribution in [0.4, 0.5) is 0 Å². The van der Waals surface area contributed by atoms with Crippen LogP contribution in [0.1, 0.15) is 81.9 Å². The number of aliphatic hydroxyl groups excluding tert-OH is 1. The first kappa shape index (κ1) is 30.6. The molecule has 0 aliphatic carbocycles. The summed E-state index contributed by atoms with van der Waals surface area (Å²) in [6, 6.07) is 15.1. The lowest BCUT2D eigenvalue weighted by Crippen LogP contribution is -2.54. The van der Waals surface area contributed by atoms with Crippen LogP contribution < -0.4 is 15.4 Å². The first-order valence-electron chi connectivity index (χ1n) is 14.5. The molecular formula is C32H47N3O4. The Morgan fingerprint density at radius 3 is 2.59 bits per heavy atom. The Labute approximate surface area is 234 Å². The molecule has 214 valence electrons. The monoisotopic (exact) mass is 537 g/mol. The SMILES string of the molecule is CC(C)c1cccc(CNC[C@@H](O)[C@@H]2Cc3cccc(c3)OCCCCCCCC(=O)N(C)[C@@H](C)C(=O)N2)c1. The third kappa shape index (κ3) is 9.97. The minimum absolute atomic E-state index is 0.0304. The summed E-state index contributed by atoms with van der Waals surface area (Å²) in [4.78, 5) is 27.5. The smallest absolute Gasteiger partial charge is 0.242 e. The zero-order valence-corrected chi connectivity index (χ0v) is 24.1. The van der Waals surface area contributed by atoms with Crippen molar-refractivity contribution < 1.29 is 19.4 Å². The Morgan fingerprint density at radius 1 is 1.05 bits per heavy atom. The number of benzene rings is 2. The summed E-state index contributed by atoms with van der Waals surface area (Å²) in [5, 5.41) is 17.6. The predicted molar refractivity (Wildman–Crippen MR) is 156 cm³/mol. The summed E-state index contributed by atoms with van der Waals surface area (Å²) in [6.45, 7) is 7.66. The number of amides is 2. The summed E-state index contributed by atoms with van der Waals surface area (Å²) < 4.78 is 5.97. The highest BCUT2D eigenvalue weighted by Crippen LogP contribution is 2.18. The molecule has 1 aliphatic rings. The van der Waals surface area contributed by atoms with Crippen LogP contribution in [0.25, 0.3) is 0 Å². The number of fused-ring (bicyclic) bond motifs is 2. The van der Waals surface area contributed by atoms with E-state index in [1.54, 1.807) is 14.0 Å². The molecule has 7 nitrogen and oxygen atoms in total. The summed E-state index contributed by atoms with van der Waals surface area (Å²) in [6.07, 6.45) is 4.94. The van der Waals surface area contributed by atoms with Gasteiger partial charge in [0.15, 0.2) is 0 Å². The van der Waals surface area contributed by atoms with E-state index in [1.807, 2.05) is 24.3 Å². The second-order valence-electron chi connectivity index (χ2n) is 11.1. The average Bonchev–Trinajstić information content (AvgIpc) is 2.92. The molecule has 1 aliphatic heterocycles. The molecule has 2 aromatic carbocycles. The topological polar surface area (TPSA) is 90.9 Å². The normalized spacial score (nSPS) is 21.0. The molecule has 0 saturated heterocycles. The largest absolute Gasteiger partial charge is 0.494 e. The van der Waals surface area contributed by atoms with E-state index >= 15 is 0 Å². The van der Waals surface area contributed by atoms with Crippen molar-refractivity contribution >= 4 is 11.8 Å². The van der Waals surface area contributed by atoms with Gasteiger partial charge in [0.2, 0.25) is 11.8 Å². The second kappa shape index (κ2) is 15.6. The van der Waals surface area contributed by atoms with Crippen LogP contribution in [0, 0.1) is 0 Å². The molecule has 0 fully saturated rings. The molecule has 7 heteroatoms. The van der Waals surface area contributed by atoms with Gasteiger partial charge in [-0.2, -0.15) is 0 Å². The molecule has 2 aromatic rings. The highest BCUT2D eigenvalue weighted by atomic mass is 16.5. The third-order valence-electron chi connectivity index (χ3n) is 7.60. The van der Waals surface area contributed by atoms with Crippen molar-refractivity contribution in [2.75, 3.05) is 20.2 Å². The fourth-order valence-electron chi connectivity index (χ4n) is 4.84. The zero-order valence-electron chi connectivity index (χ0n) is 24.1. The molecule has 3 rings (SSSR count). The number of aliphatic hydroxyl groups is 1. The van der Waals surface area contributed by atoms with Gasteiger partial charge < -0.3 is 25.4 Å². The van der Waals surface area contributed by atoms with Crippen molar-refractivity contribution in [1.29, 1.82) is 0 Å². The minimum Gasteiger partial charge on any atom is -0.494 e. The Hall–Kier alpha value is -2.90. The first-order valence-corrected chi connectivity index (χ1v) is 14.5. The van der Waals surface area contributed by atoms with E-state index in [0.29, 0.717) is 38.5 Å². The van der Waals surface area contributed by atoms with E-state index < -0.39 is 18.2 Å². The lowest BCUT2D eigenvalue weighted by atomic mass is 9.99. The van der Waals surface area contributed by atoms with Crippen molar-refractivity contribution in [3.8, 4) is 5.75 Å². The molecule has 0 unspecified atom stereocenters. The number of rotatable bonds is 6. The molecule has 2 bridgehead atoms. The van der Waals surface area contributed by atoms with E-state index in [-0.39, 0.29) is 11.8 Å². The van der Waals surface area contributed by atoms with Gasteiger partial charge in [0.25, 0.3) is 0 Å². The first-order chi connectivity index (χ1) is 18.7. The van der Waals surface area contributed by atoms with Crippen LogP contribution in [0.3, 0.4) is 0 Å². The van der Waals surface area contributed by atoms with Gasteiger partial charge >= 0.3 is 0 Å². The number of ether oxygens (including phenoxy) is 1. The molecular weight excluding hydrogens is 490 g/mol. The Bertz CT molecular complexity index is 1060. The third-order valence-corrected chi connectivity index (χ3v) is 7.60. The van der Waals surface area contributed by atoms with Crippen LogP contribution in [0.5, 0.6) is 5.75 Å². The minimum atomic E-state index is -0.828. The summed E-state index contributed by atoms with van der Waals surface area (Å²) in [5.74, 6) is 0.949. The number of nitrogens with one attached hydrogen (secondary N) is 2. The molecule has 39 heavy (non-hydrogen) atoms. The number of hydrogen-bond acceptors (Lipinski definition) is 5. The molecule has 0 aromatic heterocycles. The van der Waals surface area contributed by atoms with Gasteiger partial charge in [0.05, 0.1) is 18.8 Å². The van der Waals surface area contributed by atoms with E-state index in [1.165, 1.54) is 10.5 Å². The molecule has 1 heterocycles. The fraction of sp³-hybridized carbons (Fsp3) is 0.562. The summed E-state index contributed by atoms with van der Waals surface area (Å²) >= 11 is 0. The molecule has 3 N–H and O–H groups in total. The highest BCUT2D eigenvalue weighted by Gasteiger charge is 2.27. The maximum absolute atomic E-state index is 13.2. The Morgan fingerprint density at radius 2 is 1.79 bits per heavy atom. The number of carbonyl (C=O) groups excluding carboxylic acids is 2. The number of hydrogen-bond donors (Lipinski definition) is 3. The van der Waals surface area contributed by atoms with Crippen LogP contribution in [-0.2, 0) is 22.6 Å². The molecule has 0 saturated carbocycles. The lowest BCUT2D eigenvalue weighted by molar-refractivity contribution is -0.139. The van der Waals surface area contributed by atoms with Crippen molar-refractivity contribution in [3.05, 3.63) is 65.2 Å². The van der Waals surface area contributed by atoms with Gasteiger partial charge in [0.1, 0.15) is 11.8 Å². The van der Waals surface area contributed by atoms with Gasteiger partial charge in [-0.3, -0.25) is 9.59 Å². The van der Waals surface area contributed by atoms with Crippen LogP contribution in [0.2, 0.25) is 0 Å². The van der Waals surface area contributed by atoms with Gasteiger partial charge in [-0.25, -0.2) is 0 Å². The van der Waals surface area contributed by atoms with Crippen molar-refractivity contribution in [2.24, 2.45) is 0 Å². The van der Waals surface area contributed by atoms with E-state index in [2.05, 4.69) is 48.7 Å². The van der Waals surface area contributed by atoms with Crippen molar-refractivity contribution in [2.45, 2.75) is 96.4 Å². The summed E-state index contributed by atoms with van der Waals surface area (Å²) in [7, 11) is 1.68.